The van der Waals surface area contributed by atoms with Gasteiger partial charge in [-0.2, -0.15) is 0 Å². The van der Waals surface area contributed by atoms with Crippen molar-refractivity contribution in [2.45, 2.75) is 32.4 Å². The Morgan fingerprint density at radius 1 is 1.48 bits per heavy atom. The molecule has 2 heterocycles. The number of nitrogens with one attached hydrogen (secondary N) is 2. The number of amides is 4. The zero-order chi connectivity index (χ0) is 15.6. The molecule has 0 saturated carbocycles. The van der Waals surface area contributed by atoms with E-state index in [2.05, 4.69) is 10.6 Å². The van der Waals surface area contributed by atoms with Gasteiger partial charge in [-0.25, -0.2) is 14.4 Å². The van der Waals surface area contributed by atoms with Crippen molar-refractivity contribution in [1.82, 2.24) is 20.4 Å². The van der Waals surface area contributed by atoms with Gasteiger partial charge in [0.2, 0.25) is 0 Å². The fraction of sp³-hybridized carbons (Fsp3) is 0.769. The molecule has 3 atom stereocenters. The average Bonchev–Trinajstić information content (AvgIpc) is 2.84. The molecule has 0 aromatic carbocycles. The zero-order valence-corrected chi connectivity index (χ0v) is 12.3. The second-order valence-electron chi connectivity index (χ2n) is 5.63. The molecule has 0 spiro atoms. The summed E-state index contributed by atoms with van der Waals surface area (Å²) in [7, 11) is 0. The van der Waals surface area contributed by atoms with Crippen molar-refractivity contribution >= 4 is 18.0 Å². The molecule has 8 nitrogen and oxygen atoms in total. The van der Waals surface area contributed by atoms with E-state index in [9.17, 15) is 19.5 Å². The molecule has 21 heavy (non-hydrogen) atoms. The Morgan fingerprint density at radius 2 is 2.19 bits per heavy atom. The van der Waals surface area contributed by atoms with E-state index in [1.54, 1.807) is 16.7 Å². The number of carbonyl (C=O) groups is 3. The standard InChI is InChI=1S/C13H22N4O4/c1-3-8(2)10(11(18)19)15-13(21)16-4-5-17-9(7-16)6-14-12(17)20/h8-10H,3-7H2,1-2H3,(H,14,20)(H,15,21)(H,18,19). The average molecular weight is 298 g/mol. The Labute approximate surface area is 123 Å². The first kappa shape index (κ1) is 15.4. The van der Waals surface area contributed by atoms with Gasteiger partial charge in [0.25, 0.3) is 0 Å². The Bertz CT molecular complexity index is 442. The van der Waals surface area contributed by atoms with Gasteiger partial charge in [-0.1, -0.05) is 20.3 Å². The first-order valence-electron chi connectivity index (χ1n) is 7.26. The van der Waals surface area contributed by atoms with Crippen molar-refractivity contribution in [2.75, 3.05) is 26.2 Å². The van der Waals surface area contributed by atoms with E-state index >= 15 is 0 Å². The van der Waals surface area contributed by atoms with E-state index in [1.165, 1.54) is 0 Å². The SMILES string of the molecule is CCC(C)C(NC(=O)N1CCN2C(=O)NCC2C1)C(=O)O. The predicted molar refractivity (Wildman–Crippen MR) is 74.9 cm³/mol. The Kier molecular flexibility index (Phi) is 4.54. The highest BCUT2D eigenvalue weighted by molar-refractivity contribution is 5.83. The van der Waals surface area contributed by atoms with E-state index in [4.69, 9.17) is 0 Å². The number of nitrogens with zero attached hydrogens (tertiary/aromatic N) is 2. The molecule has 0 aliphatic carbocycles. The van der Waals surface area contributed by atoms with E-state index in [0.29, 0.717) is 32.6 Å². The summed E-state index contributed by atoms with van der Waals surface area (Å²) in [6, 6.07) is -1.38. The van der Waals surface area contributed by atoms with E-state index in [-0.39, 0.29) is 24.0 Å². The van der Waals surface area contributed by atoms with Crippen LogP contribution in [0.5, 0.6) is 0 Å². The molecular formula is C13H22N4O4. The summed E-state index contributed by atoms with van der Waals surface area (Å²) >= 11 is 0. The number of urea groups is 2. The molecule has 2 saturated heterocycles. The quantitative estimate of drug-likeness (QED) is 0.674. The molecule has 0 aromatic heterocycles. The minimum absolute atomic E-state index is 0.0242. The van der Waals surface area contributed by atoms with Crippen molar-refractivity contribution in [1.29, 1.82) is 0 Å². The van der Waals surface area contributed by atoms with Gasteiger partial charge in [0.15, 0.2) is 0 Å². The van der Waals surface area contributed by atoms with E-state index in [1.807, 2.05) is 6.92 Å². The molecule has 0 aromatic rings. The molecule has 0 bridgehead atoms. The van der Waals surface area contributed by atoms with Gasteiger partial charge < -0.3 is 25.5 Å². The van der Waals surface area contributed by atoms with Crippen LogP contribution in [0.2, 0.25) is 0 Å². The molecule has 3 unspecified atom stereocenters. The second-order valence-corrected chi connectivity index (χ2v) is 5.63. The Balaban J connectivity index is 1.94. The topological polar surface area (TPSA) is 102 Å². The summed E-state index contributed by atoms with van der Waals surface area (Å²) < 4.78 is 0. The summed E-state index contributed by atoms with van der Waals surface area (Å²) in [5, 5.41) is 14.5. The van der Waals surface area contributed by atoms with Crippen LogP contribution in [0.4, 0.5) is 9.59 Å². The molecule has 8 heteroatoms. The minimum Gasteiger partial charge on any atom is -0.480 e. The van der Waals surface area contributed by atoms with Crippen LogP contribution < -0.4 is 10.6 Å². The number of carboxylic acids is 1. The molecule has 2 aliphatic rings. The maximum atomic E-state index is 12.2. The first-order chi connectivity index (χ1) is 9.93. The number of piperazine rings is 1. The van der Waals surface area contributed by atoms with Gasteiger partial charge in [-0.3, -0.25) is 0 Å². The Morgan fingerprint density at radius 3 is 2.81 bits per heavy atom. The van der Waals surface area contributed by atoms with Gasteiger partial charge >= 0.3 is 18.0 Å². The number of carboxylic acid groups (broad SMARTS) is 1. The highest BCUT2D eigenvalue weighted by Gasteiger charge is 2.37. The maximum absolute atomic E-state index is 12.2. The maximum Gasteiger partial charge on any atom is 0.326 e. The minimum atomic E-state index is -1.02. The summed E-state index contributed by atoms with van der Waals surface area (Å²) in [4.78, 5) is 38.3. The summed E-state index contributed by atoms with van der Waals surface area (Å²) in [6.07, 6.45) is 0.673. The van der Waals surface area contributed by atoms with Gasteiger partial charge in [0.1, 0.15) is 6.04 Å². The first-order valence-corrected chi connectivity index (χ1v) is 7.26. The van der Waals surface area contributed by atoms with Crippen LogP contribution in [0.3, 0.4) is 0 Å². The summed E-state index contributed by atoms with van der Waals surface area (Å²) in [5.41, 5.74) is 0. The lowest BCUT2D eigenvalue weighted by Crippen LogP contribution is -2.58. The normalized spacial score (nSPS) is 24.1. The number of hydrogen-bond acceptors (Lipinski definition) is 3. The van der Waals surface area contributed by atoms with Crippen molar-refractivity contribution in [3.63, 3.8) is 0 Å². The third kappa shape index (κ3) is 3.20. The molecule has 2 rings (SSSR count). The third-order valence-electron chi connectivity index (χ3n) is 4.28. The fourth-order valence-electron chi connectivity index (χ4n) is 2.70. The largest absolute Gasteiger partial charge is 0.480 e. The zero-order valence-electron chi connectivity index (χ0n) is 12.3. The summed E-state index contributed by atoms with van der Waals surface area (Å²) in [5.74, 6) is -1.16. The molecule has 118 valence electrons. The van der Waals surface area contributed by atoms with E-state index < -0.39 is 12.0 Å². The number of aliphatic carboxylic acids is 1. The lowest BCUT2D eigenvalue weighted by molar-refractivity contribution is -0.140. The van der Waals surface area contributed by atoms with Crippen LogP contribution >= 0.6 is 0 Å². The fourth-order valence-corrected chi connectivity index (χ4v) is 2.70. The van der Waals surface area contributed by atoms with Crippen LogP contribution in [0.15, 0.2) is 0 Å². The second kappa shape index (κ2) is 6.19. The van der Waals surface area contributed by atoms with Crippen LogP contribution in [0.25, 0.3) is 0 Å². The molecule has 2 fully saturated rings. The molecular weight excluding hydrogens is 276 g/mol. The molecule has 4 amide bonds. The van der Waals surface area contributed by atoms with Crippen molar-refractivity contribution in [2.24, 2.45) is 5.92 Å². The summed E-state index contributed by atoms with van der Waals surface area (Å²) in [6.45, 7) is 5.54. The number of rotatable bonds is 4. The number of fused-ring (bicyclic) bond motifs is 1. The number of carbonyl (C=O) groups excluding carboxylic acids is 2. The monoisotopic (exact) mass is 298 g/mol. The number of hydrogen-bond donors (Lipinski definition) is 3. The molecule has 3 N–H and O–H groups in total. The van der Waals surface area contributed by atoms with Gasteiger partial charge in [0, 0.05) is 26.2 Å². The Hall–Kier alpha value is -1.99. The van der Waals surface area contributed by atoms with Crippen LogP contribution in [0.1, 0.15) is 20.3 Å². The predicted octanol–water partition coefficient (Wildman–Crippen LogP) is -0.0953. The molecule has 0 radical (unpaired) electrons. The van der Waals surface area contributed by atoms with Crippen LogP contribution in [-0.4, -0.2) is 71.2 Å². The van der Waals surface area contributed by atoms with Crippen molar-refractivity contribution in [3.8, 4) is 0 Å². The van der Waals surface area contributed by atoms with Crippen molar-refractivity contribution in [3.05, 3.63) is 0 Å². The smallest absolute Gasteiger partial charge is 0.326 e. The van der Waals surface area contributed by atoms with Gasteiger partial charge in [-0.15, -0.1) is 0 Å². The lowest BCUT2D eigenvalue weighted by Gasteiger charge is -2.37. The van der Waals surface area contributed by atoms with E-state index in [0.717, 1.165) is 0 Å². The van der Waals surface area contributed by atoms with Crippen molar-refractivity contribution < 1.29 is 19.5 Å². The molecule has 2 aliphatic heterocycles. The van der Waals surface area contributed by atoms with Crippen LogP contribution in [-0.2, 0) is 4.79 Å². The lowest BCUT2D eigenvalue weighted by atomic mass is 9.99. The van der Waals surface area contributed by atoms with Crippen LogP contribution in [0, 0.1) is 5.92 Å². The highest BCUT2D eigenvalue weighted by atomic mass is 16.4. The highest BCUT2D eigenvalue weighted by Crippen LogP contribution is 2.15. The van der Waals surface area contributed by atoms with Gasteiger partial charge in [0.05, 0.1) is 6.04 Å². The third-order valence-corrected chi connectivity index (χ3v) is 4.28. The van der Waals surface area contributed by atoms with Gasteiger partial charge in [-0.05, 0) is 5.92 Å².